The highest BCUT2D eigenvalue weighted by Gasteiger charge is 2.04. The Balaban J connectivity index is 2.79. The Labute approximate surface area is 79.1 Å². The lowest BCUT2D eigenvalue weighted by molar-refractivity contribution is -0.385. The van der Waals surface area contributed by atoms with Crippen molar-refractivity contribution in [2.24, 2.45) is 0 Å². The smallest absolute Gasteiger partial charge is 0.270 e. The highest BCUT2D eigenvalue weighted by Crippen LogP contribution is 2.21. The monoisotopic (exact) mass is 197 g/mol. The van der Waals surface area contributed by atoms with Crippen molar-refractivity contribution in [3.05, 3.63) is 34.4 Å². The second-order valence-electron chi connectivity index (χ2n) is 2.23. The molecule has 0 N–H and O–H groups in total. The third kappa shape index (κ3) is 2.87. The Kier molecular flexibility index (Phi) is 3.45. The summed E-state index contributed by atoms with van der Waals surface area (Å²) in [6, 6.07) is 6.21. The minimum absolute atomic E-state index is 0.0518. The van der Waals surface area contributed by atoms with Crippen molar-refractivity contribution in [2.45, 2.75) is 4.90 Å². The number of carbonyl (C=O) groups excluding carboxylic acids is 1. The first kappa shape index (κ1) is 9.73. The number of hydrogen-bond acceptors (Lipinski definition) is 4. The van der Waals surface area contributed by atoms with Gasteiger partial charge in [0.25, 0.3) is 5.69 Å². The van der Waals surface area contributed by atoms with E-state index in [1.165, 1.54) is 23.9 Å². The number of aldehydes is 1. The number of nitrogens with zero attached hydrogens (tertiary/aromatic N) is 1. The summed E-state index contributed by atoms with van der Waals surface area (Å²) in [7, 11) is 0. The second-order valence-corrected chi connectivity index (χ2v) is 3.33. The number of non-ortho nitro benzene ring substituents is 1. The standard InChI is InChI=1S/C8H7NO3S/c10-4-5-13-8-3-1-2-7(6-8)9(11)12/h1-4,6H,5H2. The third-order valence-corrected chi connectivity index (χ3v) is 2.24. The Bertz CT molecular complexity index is 327. The van der Waals surface area contributed by atoms with Gasteiger partial charge in [0.05, 0.1) is 10.7 Å². The summed E-state index contributed by atoms with van der Waals surface area (Å²) in [5, 5.41) is 10.4. The first-order chi connectivity index (χ1) is 6.24. The Morgan fingerprint density at radius 2 is 2.31 bits per heavy atom. The Morgan fingerprint density at radius 3 is 2.92 bits per heavy atom. The van der Waals surface area contributed by atoms with E-state index in [4.69, 9.17) is 0 Å². The van der Waals surface area contributed by atoms with E-state index in [-0.39, 0.29) is 5.69 Å². The van der Waals surface area contributed by atoms with Gasteiger partial charge in [0.1, 0.15) is 6.29 Å². The largest absolute Gasteiger partial charge is 0.302 e. The van der Waals surface area contributed by atoms with Gasteiger partial charge in [-0.1, -0.05) is 6.07 Å². The zero-order valence-electron chi connectivity index (χ0n) is 6.67. The van der Waals surface area contributed by atoms with Crippen molar-refractivity contribution >= 4 is 23.7 Å². The second kappa shape index (κ2) is 4.61. The van der Waals surface area contributed by atoms with Gasteiger partial charge < -0.3 is 4.79 Å². The molecule has 0 saturated heterocycles. The van der Waals surface area contributed by atoms with Gasteiger partial charge in [0.15, 0.2) is 0 Å². The molecule has 68 valence electrons. The van der Waals surface area contributed by atoms with E-state index >= 15 is 0 Å². The molecule has 0 aromatic heterocycles. The normalized spacial score (nSPS) is 9.54. The van der Waals surface area contributed by atoms with E-state index < -0.39 is 4.92 Å². The lowest BCUT2D eigenvalue weighted by Crippen LogP contribution is -1.87. The molecule has 1 aromatic carbocycles. The molecule has 13 heavy (non-hydrogen) atoms. The van der Waals surface area contributed by atoms with Crippen molar-refractivity contribution < 1.29 is 9.72 Å². The molecule has 4 nitrogen and oxygen atoms in total. The summed E-state index contributed by atoms with van der Waals surface area (Å²) >= 11 is 1.28. The van der Waals surface area contributed by atoms with Gasteiger partial charge in [0.2, 0.25) is 0 Å². The average Bonchev–Trinajstić information content (AvgIpc) is 2.15. The van der Waals surface area contributed by atoms with Crippen LogP contribution in [0.3, 0.4) is 0 Å². The molecule has 0 saturated carbocycles. The van der Waals surface area contributed by atoms with Gasteiger partial charge in [0, 0.05) is 17.0 Å². The molecule has 1 rings (SSSR count). The first-order valence-electron chi connectivity index (χ1n) is 3.55. The maximum Gasteiger partial charge on any atom is 0.270 e. The first-order valence-corrected chi connectivity index (χ1v) is 4.53. The third-order valence-electron chi connectivity index (χ3n) is 1.35. The van der Waals surface area contributed by atoms with Crippen LogP contribution in [0, 0.1) is 10.1 Å². The van der Waals surface area contributed by atoms with Crippen LogP contribution in [-0.2, 0) is 4.79 Å². The van der Waals surface area contributed by atoms with E-state index in [0.29, 0.717) is 5.75 Å². The van der Waals surface area contributed by atoms with Gasteiger partial charge in [-0.2, -0.15) is 0 Å². The highest BCUT2D eigenvalue weighted by atomic mass is 32.2. The SMILES string of the molecule is O=CCSc1cccc([N+](=O)[O-])c1. The number of thioether (sulfide) groups is 1. The summed E-state index contributed by atoms with van der Waals surface area (Å²) in [5.74, 6) is 0.321. The van der Waals surface area contributed by atoms with E-state index in [2.05, 4.69) is 0 Å². The molecule has 0 fully saturated rings. The van der Waals surface area contributed by atoms with Crippen molar-refractivity contribution in [1.29, 1.82) is 0 Å². The van der Waals surface area contributed by atoms with Gasteiger partial charge >= 0.3 is 0 Å². The highest BCUT2D eigenvalue weighted by molar-refractivity contribution is 7.99. The number of nitro benzene ring substituents is 1. The van der Waals surface area contributed by atoms with E-state index in [1.54, 1.807) is 12.1 Å². The molecule has 0 spiro atoms. The number of rotatable bonds is 4. The van der Waals surface area contributed by atoms with Crippen LogP contribution in [0.2, 0.25) is 0 Å². The topological polar surface area (TPSA) is 60.2 Å². The molecular weight excluding hydrogens is 190 g/mol. The molecule has 0 aliphatic rings. The van der Waals surface area contributed by atoms with E-state index in [1.807, 2.05) is 0 Å². The molecule has 5 heteroatoms. The molecule has 0 unspecified atom stereocenters. The van der Waals surface area contributed by atoms with Gasteiger partial charge in [-0.25, -0.2) is 0 Å². The van der Waals surface area contributed by atoms with Crippen LogP contribution in [-0.4, -0.2) is 17.0 Å². The zero-order valence-corrected chi connectivity index (χ0v) is 7.49. The van der Waals surface area contributed by atoms with Crippen LogP contribution < -0.4 is 0 Å². The fourth-order valence-corrected chi connectivity index (χ4v) is 1.46. The van der Waals surface area contributed by atoms with Crippen LogP contribution in [0.5, 0.6) is 0 Å². The fraction of sp³-hybridized carbons (Fsp3) is 0.125. The molecule has 1 aromatic rings. The summed E-state index contributed by atoms with van der Waals surface area (Å²) in [4.78, 5) is 20.7. The Morgan fingerprint density at radius 1 is 1.54 bits per heavy atom. The van der Waals surface area contributed by atoms with Crippen LogP contribution in [0.15, 0.2) is 29.2 Å². The summed E-state index contributed by atoms with van der Waals surface area (Å²) < 4.78 is 0. The summed E-state index contributed by atoms with van der Waals surface area (Å²) in [6.45, 7) is 0. The predicted molar refractivity (Wildman–Crippen MR) is 49.9 cm³/mol. The summed E-state index contributed by atoms with van der Waals surface area (Å²) in [6.07, 6.45) is 0.767. The quantitative estimate of drug-likeness (QED) is 0.320. The number of nitro groups is 1. The van der Waals surface area contributed by atoms with Crippen molar-refractivity contribution in [2.75, 3.05) is 5.75 Å². The molecule has 0 atom stereocenters. The molecule has 0 radical (unpaired) electrons. The molecular formula is C8H7NO3S. The fourth-order valence-electron chi connectivity index (χ4n) is 0.817. The predicted octanol–water partition coefficient (Wildman–Crippen LogP) is 1.89. The van der Waals surface area contributed by atoms with E-state index in [0.717, 1.165) is 11.2 Å². The maximum atomic E-state index is 10.4. The zero-order chi connectivity index (χ0) is 9.68. The number of hydrogen-bond donors (Lipinski definition) is 0. The number of benzene rings is 1. The van der Waals surface area contributed by atoms with Gasteiger partial charge in [-0.15, -0.1) is 11.8 Å². The van der Waals surface area contributed by atoms with Crippen LogP contribution >= 0.6 is 11.8 Å². The van der Waals surface area contributed by atoms with Crippen molar-refractivity contribution in [3.63, 3.8) is 0 Å². The molecule has 0 aliphatic carbocycles. The minimum Gasteiger partial charge on any atom is -0.302 e. The molecule has 0 heterocycles. The van der Waals surface area contributed by atoms with Crippen LogP contribution in [0.1, 0.15) is 0 Å². The van der Waals surface area contributed by atoms with Gasteiger partial charge in [-0.05, 0) is 6.07 Å². The maximum absolute atomic E-state index is 10.4. The minimum atomic E-state index is -0.453. The van der Waals surface area contributed by atoms with Crippen LogP contribution in [0.25, 0.3) is 0 Å². The Hall–Kier alpha value is -1.36. The average molecular weight is 197 g/mol. The van der Waals surface area contributed by atoms with Gasteiger partial charge in [-0.3, -0.25) is 10.1 Å². The lowest BCUT2D eigenvalue weighted by atomic mass is 10.3. The summed E-state index contributed by atoms with van der Waals surface area (Å²) in [5.41, 5.74) is 0.0518. The lowest BCUT2D eigenvalue weighted by Gasteiger charge is -1.96. The molecule has 0 aliphatic heterocycles. The number of carbonyl (C=O) groups is 1. The van der Waals surface area contributed by atoms with Crippen molar-refractivity contribution in [1.82, 2.24) is 0 Å². The van der Waals surface area contributed by atoms with Crippen LogP contribution in [0.4, 0.5) is 5.69 Å². The van der Waals surface area contributed by atoms with E-state index in [9.17, 15) is 14.9 Å². The molecule has 0 bridgehead atoms. The molecule has 0 amide bonds. The van der Waals surface area contributed by atoms with Crippen molar-refractivity contribution in [3.8, 4) is 0 Å².